The number of hydrogen-bond acceptors (Lipinski definition) is 16. The number of aromatic hydroxyl groups is 2. The lowest BCUT2D eigenvalue weighted by Crippen LogP contribution is -2.73. The highest BCUT2D eigenvalue weighted by molar-refractivity contribution is 7.80. The van der Waals surface area contributed by atoms with Gasteiger partial charge in [0.2, 0.25) is 0 Å². The molecule has 9 rings (SSSR count). The lowest BCUT2D eigenvalue weighted by molar-refractivity contribution is 0.0687. The maximum Gasteiger partial charge on any atom is 0.336 e. The second kappa shape index (κ2) is 39.2. The number of nitrogens with one attached hydrogen (secondary N) is 4. The zero-order valence-electron chi connectivity index (χ0n) is 71.2. The molecule has 11 atom stereocenters. The maximum absolute atomic E-state index is 12.7. The predicted molar refractivity (Wildman–Crippen MR) is 504 cm³/mol. The quantitative estimate of drug-likeness (QED) is 0.00631. The van der Waals surface area contributed by atoms with E-state index in [1.165, 1.54) is 71.3 Å². The van der Waals surface area contributed by atoms with E-state index in [0.29, 0.717) is 113 Å². The van der Waals surface area contributed by atoms with Crippen LogP contribution in [0, 0.1) is 0 Å². The average molecular weight is 1760 g/mol. The topological polar surface area (TPSA) is 323 Å². The highest BCUT2D eigenvalue weighted by atomic mass is 32.1. The molecular formula is C86H124N4O16S2Si8. The number of carbonyl (C=O) groups is 2. The molecule has 5 aliphatic rings. The summed E-state index contributed by atoms with van der Waals surface area (Å²) in [6.45, 7) is 58.3. The molecule has 0 amide bonds. The van der Waals surface area contributed by atoms with Gasteiger partial charge in [-0.25, -0.2) is 9.59 Å². The molecule has 1 saturated heterocycles. The summed E-state index contributed by atoms with van der Waals surface area (Å²) in [4.78, 5) is 92.1. The summed E-state index contributed by atoms with van der Waals surface area (Å²) in [6.07, 6.45) is 1.68. The molecule has 30 heteroatoms. The van der Waals surface area contributed by atoms with Gasteiger partial charge in [-0.2, -0.15) is 0 Å². The lowest BCUT2D eigenvalue weighted by atomic mass is 9.90. The van der Waals surface area contributed by atoms with Crippen LogP contribution in [0.25, 0.3) is 66.8 Å². The SMILES string of the molecule is C=C(C)C[Si](CCCNC(=S)Nc1ccc(-c2c3ccc(=O)cc-3oc3cc(O)ccc23)c(C(=O)O)c1)(CC(=C)C)CC(=C)C.C=C(C)C[Si]1(CCCNC(=S)Nc2ccc(-c3c4ccc(=O)cc-4oc4cc(O)ccc34)c(C(=O)O)c2)O[Si](C)(C(C)C)C(C)[Si](C)(C(C)[Si](C)(O)C(C)C)O1.CC[Si](C)(O)C(C)[Si](C)(O)C(C)[SiH](C)O. The number of carboxylic acids is 2. The molecule has 3 aliphatic heterocycles. The highest BCUT2D eigenvalue weighted by Gasteiger charge is 2.66. The number of rotatable bonds is 31. The molecule has 2 aliphatic carbocycles. The van der Waals surface area contributed by atoms with Crippen LogP contribution in [0.1, 0.15) is 124 Å². The summed E-state index contributed by atoms with van der Waals surface area (Å²) in [7, 11) is -18.6. The second-order valence-corrected chi connectivity index (χ2v) is 70.5. The minimum Gasteiger partial charge on any atom is -0.508 e. The fourth-order valence-electron chi connectivity index (χ4n) is 16.6. The number of phenols is 2. The summed E-state index contributed by atoms with van der Waals surface area (Å²) < 4.78 is 26.8. The zero-order chi connectivity index (χ0) is 86.9. The molecular weight excluding hydrogens is 1630 g/mol. The van der Waals surface area contributed by atoms with Gasteiger partial charge < -0.3 is 77.9 Å². The Morgan fingerprint density at radius 3 is 1.38 bits per heavy atom. The molecule has 0 spiro atoms. The van der Waals surface area contributed by atoms with Crippen molar-refractivity contribution in [3.05, 3.63) is 189 Å². The summed E-state index contributed by atoms with van der Waals surface area (Å²) in [6, 6.07) is 34.5. The van der Waals surface area contributed by atoms with Gasteiger partial charge in [0, 0.05) is 87.8 Å². The van der Waals surface area contributed by atoms with Gasteiger partial charge in [0.15, 0.2) is 71.7 Å². The van der Waals surface area contributed by atoms with Crippen LogP contribution in [0.15, 0.2) is 176 Å². The van der Waals surface area contributed by atoms with Crippen molar-refractivity contribution in [2.75, 3.05) is 23.7 Å². The molecule has 0 bridgehead atoms. The number of phenolic OH excluding ortho intramolecular Hbond substituents is 2. The van der Waals surface area contributed by atoms with Gasteiger partial charge in [-0.15, -0.1) is 26.3 Å². The van der Waals surface area contributed by atoms with Gasteiger partial charge >= 0.3 is 20.5 Å². The smallest absolute Gasteiger partial charge is 0.336 e. The summed E-state index contributed by atoms with van der Waals surface area (Å²) in [5.74, 6) is -1.72. The fourth-order valence-corrected chi connectivity index (χ4v) is 66.6. The van der Waals surface area contributed by atoms with Gasteiger partial charge in [-0.3, -0.25) is 9.59 Å². The van der Waals surface area contributed by atoms with E-state index in [9.17, 15) is 58.8 Å². The Bertz CT molecular complexity index is 4990. The third-order valence-corrected chi connectivity index (χ3v) is 73.1. The highest BCUT2D eigenvalue weighted by Crippen LogP contribution is 2.56. The molecule has 0 radical (unpaired) electrons. The van der Waals surface area contributed by atoms with Crippen LogP contribution >= 0.6 is 24.4 Å². The van der Waals surface area contributed by atoms with Gasteiger partial charge in [0.05, 0.1) is 19.2 Å². The molecule has 11 unspecified atom stereocenters. The number of fused-ring (bicyclic) bond motifs is 4. The molecule has 0 aromatic heterocycles. The Morgan fingerprint density at radius 2 is 1.00 bits per heavy atom. The third kappa shape index (κ3) is 23.0. The Balaban J connectivity index is 0.000000277. The summed E-state index contributed by atoms with van der Waals surface area (Å²) in [5, 5.41) is 56.2. The Labute approximate surface area is 704 Å². The third-order valence-electron chi connectivity index (χ3n) is 24.5. The van der Waals surface area contributed by atoms with E-state index in [-0.39, 0.29) is 60.3 Å². The number of hydrogen-bond donors (Lipinski definition) is 12. The Kier molecular flexibility index (Phi) is 32.4. The number of thiocarbonyl (C=S) groups is 2. The van der Waals surface area contributed by atoms with E-state index >= 15 is 0 Å². The van der Waals surface area contributed by atoms with Crippen molar-refractivity contribution in [1.29, 1.82) is 0 Å². The number of allylic oxidation sites excluding steroid dienone is 4. The molecule has 1 fully saturated rings. The zero-order valence-corrected chi connectivity index (χ0v) is 81.0. The maximum atomic E-state index is 12.7. The fraction of sp³-hybridized carbons (Fsp3) is 0.419. The van der Waals surface area contributed by atoms with E-state index in [4.69, 9.17) is 41.5 Å². The van der Waals surface area contributed by atoms with Crippen molar-refractivity contribution in [2.45, 2.75) is 216 Å². The van der Waals surface area contributed by atoms with E-state index in [1.807, 2.05) is 47.3 Å². The Morgan fingerprint density at radius 1 is 0.586 bits per heavy atom. The van der Waals surface area contributed by atoms with Crippen molar-refractivity contribution in [3.8, 4) is 56.4 Å². The monoisotopic (exact) mass is 1760 g/mol. The first-order valence-electron chi connectivity index (χ1n) is 40.0. The molecule has 3 heterocycles. The van der Waals surface area contributed by atoms with Crippen LogP contribution in [-0.2, 0) is 8.23 Å². The van der Waals surface area contributed by atoms with Crippen LogP contribution < -0.4 is 32.1 Å². The van der Waals surface area contributed by atoms with Gasteiger partial charge in [-0.1, -0.05) is 103 Å². The lowest BCUT2D eigenvalue weighted by Gasteiger charge is -2.60. The summed E-state index contributed by atoms with van der Waals surface area (Å²) >= 11 is 11.3. The second-order valence-electron chi connectivity index (χ2n) is 34.4. The van der Waals surface area contributed by atoms with E-state index in [1.54, 1.807) is 54.6 Å². The normalized spacial score (nSPS) is 19.5. The van der Waals surface area contributed by atoms with Crippen LogP contribution in [-0.4, -0.2) is 142 Å². The van der Waals surface area contributed by atoms with Crippen LogP contribution in [0.2, 0.25) is 113 Å². The molecule has 4 aromatic carbocycles. The number of aromatic carboxylic acids is 2. The van der Waals surface area contributed by atoms with E-state index < -0.39 is 79.2 Å². The molecule has 0 saturated carbocycles. The van der Waals surface area contributed by atoms with Crippen LogP contribution in [0.5, 0.6) is 11.5 Å². The van der Waals surface area contributed by atoms with E-state index in [0.717, 1.165) is 54.7 Å². The van der Waals surface area contributed by atoms with Gasteiger partial charge in [0.1, 0.15) is 34.2 Å². The first-order valence-corrected chi connectivity index (χ1v) is 61.2. The van der Waals surface area contributed by atoms with Crippen molar-refractivity contribution in [2.24, 2.45) is 0 Å². The van der Waals surface area contributed by atoms with Crippen molar-refractivity contribution >= 4 is 147 Å². The molecule has 4 aromatic rings. The van der Waals surface area contributed by atoms with Crippen LogP contribution in [0.4, 0.5) is 11.4 Å². The first kappa shape index (κ1) is 95.8. The minimum absolute atomic E-state index is 0.00987. The molecule has 116 heavy (non-hydrogen) atoms. The number of carboxylic acid groups (broad SMARTS) is 2. The van der Waals surface area contributed by atoms with Crippen LogP contribution in [0.3, 0.4) is 0 Å². The number of benzene rings is 6. The van der Waals surface area contributed by atoms with Crippen molar-refractivity contribution in [1.82, 2.24) is 10.6 Å². The summed E-state index contributed by atoms with van der Waals surface area (Å²) in [5.41, 5.74) is 9.65. The average Bonchev–Trinajstić information content (AvgIpc) is 0.720. The van der Waals surface area contributed by atoms with E-state index in [2.05, 4.69) is 130 Å². The molecule has 20 nitrogen and oxygen atoms in total. The standard InChI is InChI=1S/C41H58N2O8SSi4.C36H40N2O5SSi.C9H26O3Si3/c1-25(2)24-56(50-54(10,27(5)6)29(8)55(11,51-56)28(7)53(9,48)26(3)4)20-12-19-42-41(52)43-30-13-16-33(36(21-30)40(46)47)39-34-17-14-31(44)22-37(34)49-38-23-32(45)15-18-35(38)39;1-22(2)19-45(20-23(3)4,21-24(5)6)15-7-14-37-36(44)38-25-8-11-28(31(16-25)35(41)42)34-29-12-9-26(39)17-32(29)43-33-18-27(40)10-13-30(33)34;1-7-14(5,11)9(3)15(6,12)8(2)13(4)10/h13-18,21-23,26-29,44,48H,1,12,19-20,24H2,2-11H3,(H,46,47)(H2,42,43,52);8-13,16-18,39H,1,3,5,7,14-15,19-21H2,2,4,6H3,(H,41,42)(H2,37,38,44);8-13H,7H2,1-6H3. The Hall–Kier alpha value is -7.36. The minimum atomic E-state index is -2.82. The molecule has 12 N–H and O–H groups in total. The van der Waals surface area contributed by atoms with Gasteiger partial charge in [0.25, 0.3) is 0 Å². The van der Waals surface area contributed by atoms with Crippen molar-refractivity contribution < 1.29 is 66.3 Å². The largest absolute Gasteiger partial charge is 0.508 e. The predicted octanol–water partition coefficient (Wildman–Crippen LogP) is 20.3. The number of anilines is 2. The first-order chi connectivity index (χ1) is 53.9. The molecule has 628 valence electrons. The van der Waals surface area contributed by atoms with Gasteiger partial charge in [-0.05, 0) is 250 Å². The van der Waals surface area contributed by atoms with Crippen molar-refractivity contribution in [3.63, 3.8) is 0 Å².